The molecule has 0 bridgehead atoms. The second-order valence-corrected chi connectivity index (χ2v) is 5.19. The van der Waals surface area contributed by atoms with Crippen LogP contribution in [0.5, 0.6) is 0 Å². The molecule has 17 heavy (non-hydrogen) atoms. The monoisotopic (exact) mass is 244 g/mol. The zero-order valence-corrected chi connectivity index (χ0v) is 10.1. The van der Waals surface area contributed by atoms with E-state index in [4.69, 9.17) is 4.74 Å². The highest BCUT2D eigenvalue weighted by Gasteiger charge is 2.14. The van der Waals surface area contributed by atoms with Crippen molar-refractivity contribution in [2.45, 2.75) is 19.6 Å². The highest BCUT2D eigenvalue weighted by atomic mass is 32.1. The summed E-state index contributed by atoms with van der Waals surface area (Å²) >= 11 is 1.63. The van der Waals surface area contributed by atoms with Gasteiger partial charge >= 0.3 is 0 Å². The Hall–Kier alpha value is -1.45. The van der Waals surface area contributed by atoms with Crippen molar-refractivity contribution in [2.24, 2.45) is 0 Å². The molecule has 2 heterocycles. The number of hydrogen-bond acceptors (Lipinski definition) is 3. The molecule has 0 atom stereocenters. The topological polar surface area (TPSA) is 26.3 Å². The van der Waals surface area contributed by atoms with E-state index in [1.807, 2.05) is 35.7 Å². The van der Waals surface area contributed by atoms with Crippen molar-refractivity contribution in [1.29, 1.82) is 0 Å². The summed E-state index contributed by atoms with van der Waals surface area (Å²) < 4.78 is 5.35. The number of hydrogen-bond donors (Lipinski definition) is 0. The first-order valence-corrected chi connectivity index (χ1v) is 6.46. The molecule has 1 aliphatic heterocycles. The Kier molecular flexibility index (Phi) is 2.79. The van der Waals surface area contributed by atoms with Crippen molar-refractivity contribution in [1.82, 2.24) is 0 Å². The van der Waals surface area contributed by atoms with Gasteiger partial charge < -0.3 is 4.74 Å². The van der Waals surface area contributed by atoms with Crippen molar-refractivity contribution in [3.8, 4) is 0 Å². The number of carbonyl (C=O) groups is 1. The highest BCUT2D eigenvalue weighted by molar-refractivity contribution is 7.10. The first-order chi connectivity index (χ1) is 8.33. The SMILES string of the molecule is O=C(Cc1cccs1)c1ccc2c(c1)COC2. The number of ether oxygens (including phenoxy) is 1. The molecule has 86 valence electrons. The normalized spacial score (nSPS) is 13.6. The molecular weight excluding hydrogens is 232 g/mol. The zero-order chi connectivity index (χ0) is 11.7. The summed E-state index contributed by atoms with van der Waals surface area (Å²) in [4.78, 5) is 13.2. The minimum atomic E-state index is 0.183. The van der Waals surface area contributed by atoms with E-state index in [-0.39, 0.29) is 5.78 Å². The fourth-order valence-electron chi connectivity index (χ4n) is 2.02. The summed E-state index contributed by atoms with van der Waals surface area (Å²) in [6, 6.07) is 9.86. The Morgan fingerprint density at radius 2 is 2.12 bits per heavy atom. The Labute approximate surface area is 104 Å². The number of benzene rings is 1. The molecule has 1 aromatic heterocycles. The molecule has 3 rings (SSSR count). The van der Waals surface area contributed by atoms with Crippen LogP contribution in [0.15, 0.2) is 35.7 Å². The fourth-order valence-corrected chi connectivity index (χ4v) is 2.72. The number of thiophene rings is 1. The lowest BCUT2D eigenvalue weighted by molar-refractivity contribution is 0.0993. The van der Waals surface area contributed by atoms with Crippen LogP contribution in [-0.4, -0.2) is 5.78 Å². The van der Waals surface area contributed by atoms with E-state index >= 15 is 0 Å². The average molecular weight is 244 g/mol. The summed E-state index contributed by atoms with van der Waals surface area (Å²) in [6.45, 7) is 1.31. The predicted molar refractivity (Wildman–Crippen MR) is 67.3 cm³/mol. The van der Waals surface area contributed by atoms with Gasteiger partial charge in [-0.2, -0.15) is 0 Å². The van der Waals surface area contributed by atoms with Crippen LogP contribution in [0.4, 0.5) is 0 Å². The molecule has 0 saturated heterocycles. The van der Waals surface area contributed by atoms with Gasteiger partial charge in [-0.05, 0) is 28.6 Å². The van der Waals surface area contributed by atoms with Gasteiger partial charge in [-0.15, -0.1) is 11.3 Å². The summed E-state index contributed by atoms with van der Waals surface area (Å²) in [5, 5.41) is 2.00. The van der Waals surface area contributed by atoms with Crippen molar-refractivity contribution in [3.63, 3.8) is 0 Å². The van der Waals surface area contributed by atoms with Crippen LogP contribution >= 0.6 is 11.3 Å². The lowest BCUT2D eigenvalue weighted by Crippen LogP contribution is -2.03. The number of carbonyl (C=O) groups excluding carboxylic acids is 1. The van der Waals surface area contributed by atoms with Gasteiger partial charge in [-0.1, -0.05) is 18.2 Å². The maximum absolute atomic E-state index is 12.1. The minimum Gasteiger partial charge on any atom is -0.372 e. The Morgan fingerprint density at radius 1 is 1.24 bits per heavy atom. The molecule has 0 aliphatic carbocycles. The van der Waals surface area contributed by atoms with Crippen LogP contribution < -0.4 is 0 Å². The van der Waals surface area contributed by atoms with E-state index in [2.05, 4.69) is 0 Å². The van der Waals surface area contributed by atoms with Gasteiger partial charge in [-0.25, -0.2) is 0 Å². The van der Waals surface area contributed by atoms with Crippen molar-refractivity contribution < 1.29 is 9.53 Å². The lowest BCUT2D eigenvalue weighted by Gasteiger charge is -2.02. The number of fused-ring (bicyclic) bond motifs is 1. The maximum atomic E-state index is 12.1. The molecule has 0 amide bonds. The van der Waals surface area contributed by atoms with Gasteiger partial charge in [0.25, 0.3) is 0 Å². The fraction of sp³-hybridized carbons (Fsp3) is 0.214. The van der Waals surface area contributed by atoms with Crippen molar-refractivity contribution in [2.75, 3.05) is 0 Å². The Morgan fingerprint density at radius 3 is 2.94 bits per heavy atom. The van der Waals surface area contributed by atoms with E-state index in [0.717, 1.165) is 16.0 Å². The molecular formula is C14H12O2S. The molecule has 0 N–H and O–H groups in total. The molecule has 0 unspecified atom stereocenters. The third-order valence-corrected chi connectivity index (χ3v) is 3.83. The molecule has 2 aromatic rings. The summed E-state index contributed by atoms with van der Waals surface area (Å²) in [6.07, 6.45) is 0.497. The summed E-state index contributed by atoms with van der Waals surface area (Å²) in [7, 11) is 0. The second kappa shape index (κ2) is 4.43. The Balaban J connectivity index is 1.82. The van der Waals surface area contributed by atoms with Crippen LogP contribution in [0.3, 0.4) is 0 Å². The van der Waals surface area contributed by atoms with Gasteiger partial charge in [0.15, 0.2) is 5.78 Å². The third-order valence-electron chi connectivity index (χ3n) is 2.96. The van der Waals surface area contributed by atoms with Crippen LogP contribution in [0.1, 0.15) is 26.4 Å². The largest absolute Gasteiger partial charge is 0.372 e. The first-order valence-electron chi connectivity index (χ1n) is 5.58. The second-order valence-electron chi connectivity index (χ2n) is 4.16. The average Bonchev–Trinajstić information content (AvgIpc) is 2.97. The molecule has 0 spiro atoms. The van der Waals surface area contributed by atoms with Gasteiger partial charge in [-0.3, -0.25) is 4.79 Å². The van der Waals surface area contributed by atoms with Gasteiger partial charge in [0.2, 0.25) is 0 Å². The molecule has 1 aromatic carbocycles. The van der Waals surface area contributed by atoms with E-state index < -0.39 is 0 Å². The number of rotatable bonds is 3. The predicted octanol–water partition coefficient (Wildman–Crippen LogP) is 3.20. The van der Waals surface area contributed by atoms with Crippen molar-refractivity contribution in [3.05, 3.63) is 57.3 Å². The summed E-state index contributed by atoms with van der Waals surface area (Å²) in [5.74, 6) is 0.183. The maximum Gasteiger partial charge on any atom is 0.168 e. The first kappa shape index (κ1) is 10.7. The number of ketones is 1. The van der Waals surface area contributed by atoms with E-state index in [9.17, 15) is 4.79 Å². The van der Waals surface area contributed by atoms with E-state index in [0.29, 0.717) is 19.6 Å². The van der Waals surface area contributed by atoms with Crippen LogP contribution in [0, 0.1) is 0 Å². The van der Waals surface area contributed by atoms with Gasteiger partial charge in [0.05, 0.1) is 13.2 Å². The molecule has 0 saturated carbocycles. The minimum absolute atomic E-state index is 0.183. The van der Waals surface area contributed by atoms with Gasteiger partial charge in [0.1, 0.15) is 0 Å². The van der Waals surface area contributed by atoms with E-state index in [1.165, 1.54) is 5.56 Å². The smallest absolute Gasteiger partial charge is 0.168 e. The molecule has 0 fully saturated rings. The quantitative estimate of drug-likeness (QED) is 0.775. The highest BCUT2D eigenvalue weighted by Crippen LogP contribution is 2.22. The Bertz CT molecular complexity index is 543. The van der Waals surface area contributed by atoms with Crippen LogP contribution in [0.2, 0.25) is 0 Å². The number of Topliss-reactive ketones (excluding diaryl/α,β-unsaturated/α-hetero) is 1. The van der Waals surface area contributed by atoms with E-state index in [1.54, 1.807) is 11.3 Å². The van der Waals surface area contributed by atoms with Crippen LogP contribution in [-0.2, 0) is 24.4 Å². The molecule has 2 nitrogen and oxygen atoms in total. The molecule has 0 radical (unpaired) electrons. The zero-order valence-electron chi connectivity index (χ0n) is 9.31. The third kappa shape index (κ3) is 2.16. The summed E-state index contributed by atoms with van der Waals surface area (Å²) in [5.41, 5.74) is 3.15. The molecule has 3 heteroatoms. The standard InChI is InChI=1S/C14H12O2S/c15-14(7-13-2-1-5-17-13)10-3-4-11-8-16-9-12(11)6-10/h1-6H,7-9H2. The lowest BCUT2D eigenvalue weighted by atomic mass is 10.0. The van der Waals surface area contributed by atoms with Crippen LogP contribution in [0.25, 0.3) is 0 Å². The van der Waals surface area contributed by atoms with Crippen molar-refractivity contribution >= 4 is 17.1 Å². The van der Waals surface area contributed by atoms with Gasteiger partial charge in [0, 0.05) is 16.9 Å². The molecule has 1 aliphatic rings.